The number of benzene rings is 1. The molecule has 0 bridgehead atoms. The van der Waals surface area contributed by atoms with Gasteiger partial charge >= 0.3 is 5.97 Å². The van der Waals surface area contributed by atoms with Gasteiger partial charge in [-0.2, -0.15) is 0 Å². The maximum Gasteiger partial charge on any atom is 0.337 e. The highest BCUT2D eigenvalue weighted by molar-refractivity contribution is 5.94. The molecule has 1 aromatic heterocycles. The van der Waals surface area contributed by atoms with Crippen molar-refractivity contribution in [3.05, 3.63) is 35.5 Å². The summed E-state index contributed by atoms with van der Waals surface area (Å²) in [6.45, 7) is 1.26. The third kappa shape index (κ3) is 3.25. The van der Waals surface area contributed by atoms with Crippen molar-refractivity contribution in [2.45, 2.75) is 32.2 Å². The number of carbonyl (C=O) groups excluding carboxylic acids is 1. The van der Waals surface area contributed by atoms with Crippen LogP contribution >= 0.6 is 0 Å². The molecular weight excluding hydrogens is 270 g/mol. The molecule has 5 heteroatoms. The van der Waals surface area contributed by atoms with Gasteiger partial charge in [-0.15, -0.1) is 0 Å². The van der Waals surface area contributed by atoms with Crippen LogP contribution in [0.5, 0.6) is 0 Å². The zero-order valence-corrected chi connectivity index (χ0v) is 12.1. The molecule has 112 valence electrons. The Labute approximate surface area is 123 Å². The van der Waals surface area contributed by atoms with Crippen LogP contribution in [0.4, 0.5) is 0 Å². The molecule has 1 N–H and O–H groups in total. The van der Waals surface area contributed by atoms with Crippen molar-refractivity contribution in [3.8, 4) is 0 Å². The minimum Gasteiger partial charge on any atom is -0.465 e. The number of hydrogen-bond donors (Lipinski definition) is 1. The Kier molecular flexibility index (Phi) is 4.22. The van der Waals surface area contributed by atoms with Gasteiger partial charge in [-0.05, 0) is 43.5 Å². The molecule has 1 fully saturated rings. The van der Waals surface area contributed by atoms with Crippen molar-refractivity contribution in [2.24, 2.45) is 0 Å². The molecule has 21 heavy (non-hydrogen) atoms. The van der Waals surface area contributed by atoms with Crippen molar-refractivity contribution in [1.82, 2.24) is 4.98 Å². The van der Waals surface area contributed by atoms with Crippen LogP contribution in [0.3, 0.4) is 0 Å². The quantitative estimate of drug-likeness (QED) is 0.879. The maximum absolute atomic E-state index is 11.5. The minimum atomic E-state index is -0.327. The largest absolute Gasteiger partial charge is 0.465 e. The van der Waals surface area contributed by atoms with Gasteiger partial charge in [-0.3, -0.25) is 0 Å². The van der Waals surface area contributed by atoms with Crippen molar-refractivity contribution in [1.29, 1.82) is 0 Å². The van der Waals surface area contributed by atoms with Crippen LogP contribution in [0.25, 0.3) is 10.9 Å². The monoisotopic (exact) mass is 289 g/mol. The zero-order valence-electron chi connectivity index (χ0n) is 12.1. The van der Waals surface area contributed by atoms with Crippen LogP contribution in [0.15, 0.2) is 24.3 Å². The predicted octanol–water partition coefficient (Wildman–Crippen LogP) is 3.00. The molecular formula is C16H19NO4. The first-order valence-corrected chi connectivity index (χ1v) is 7.19. The lowest BCUT2D eigenvalue weighted by atomic mass is 10.1. The fourth-order valence-electron chi connectivity index (χ4n) is 2.54. The number of aromatic nitrogens is 1. The average molecular weight is 289 g/mol. The lowest BCUT2D eigenvalue weighted by molar-refractivity contribution is -0.169. The van der Waals surface area contributed by atoms with E-state index in [1.54, 1.807) is 6.07 Å². The maximum atomic E-state index is 11.5. The second-order valence-electron chi connectivity index (χ2n) is 5.20. The van der Waals surface area contributed by atoms with Gasteiger partial charge in [0.2, 0.25) is 0 Å². The summed E-state index contributed by atoms with van der Waals surface area (Å²) in [5.41, 5.74) is 2.50. The van der Waals surface area contributed by atoms with E-state index in [9.17, 15) is 4.79 Å². The van der Waals surface area contributed by atoms with Crippen molar-refractivity contribution in [2.75, 3.05) is 13.7 Å². The summed E-state index contributed by atoms with van der Waals surface area (Å²) in [4.78, 5) is 14.8. The number of H-pyrrole nitrogens is 1. The number of ether oxygens (including phenoxy) is 3. The molecule has 0 aliphatic carbocycles. The zero-order chi connectivity index (χ0) is 14.7. The number of hydrogen-bond acceptors (Lipinski definition) is 4. The van der Waals surface area contributed by atoms with Gasteiger partial charge in [0.25, 0.3) is 0 Å². The van der Waals surface area contributed by atoms with Crippen LogP contribution < -0.4 is 0 Å². The van der Waals surface area contributed by atoms with E-state index in [1.165, 1.54) is 7.11 Å². The summed E-state index contributed by atoms with van der Waals surface area (Å²) >= 11 is 0. The van der Waals surface area contributed by atoms with Gasteiger partial charge in [-0.1, -0.05) is 0 Å². The second-order valence-corrected chi connectivity index (χ2v) is 5.20. The number of methoxy groups -OCH3 is 1. The summed E-state index contributed by atoms with van der Waals surface area (Å²) in [6, 6.07) is 7.44. The van der Waals surface area contributed by atoms with Gasteiger partial charge in [0.1, 0.15) is 0 Å². The van der Waals surface area contributed by atoms with E-state index in [0.29, 0.717) is 12.2 Å². The molecule has 1 unspecified atom stereocenters. The Morgan fingerprint density at radius 1 is 1.38 bits per heavy atom. The molecule has 0 radical (unpaired) electrons. The van der Waals surface area contributed by atoms with Gasteiger partial charge in [-0.25, -0.2) is 4.79 Å². The van der Waals surface area contributed by atoms with Crippen LogP contribution in [0, 0.1) is 0 Å². The molecule has 1 aliphatic rings. The Hall–Kier alpha value is -1.85. The topological polar surface area (TPSA) is 60.6 Å². The van der Waals surface area contributed by atoms with E-state index in [2.05, 4.69) is 4.98 Å². The molecule has 0 saturated carbocycles. The van der Waals surface area contributed by atoms with E-state index in [1.807, 2.05) is 18.2 Å². The standard InChI is InChI=1S/C16H19NO4/c1-19-16(18)11-5-6-14-12(8-11)9-13(17-14)10-21-15-4-2-3-7-20-15/h5-6,8-9,15,17H,2-4,7,10H2,1H3. The molecule has 5 nitrogen and oxygen atoms in total. The van der Waals surface area contributed by atoms with Gasteiger partial charge in [0.15, 0.2) is 6.29 Å². The number of nitrogens with one attached hydrogen (secondary N) is 1. The molecule has 3 rings (SSSR count). The number of aromatic amines is 1. The van der Waals surface area contributed by atoms with Gasteiger partial charge in [0, 0.05) is 23.2 Å². The molecule has 1 saturated heterocycles. The molecule has 1 atom stereocenters. The highest BCUT2D eigenvalue weighted by Crippen LogP contribution is 2.20. The highest BCUT2D eigenvalue weighted by Gasteiger charge is 2.14. The lowest BCUT2D eigenvalue weighted by Crippen LogP contribution is -2.22. The van der Waals surface area contributed by atoms with Crippen LogP contribution in [0.2, 0.25) is 0 Å². The number of esters is 1. The van der Waals surface area contributed by atoms with Crippen molar-refractivity contribution >= 4 is 16.9 Å². The van der Waals surface area contributed by atoms with E-state index in [-0.39, 0.29) is 12.3 Å². The van der Waals surface area contributed by atoms with Crippen molar-refractivity contribution in [3.63, 3.8) is 0 Å². The first kappa shape index (κ1) is 14.1. The fourth-order valence-corrected chi connectivity index (χ4v) is 2.54. The van der Waals surface area contributed by atoms with Crippen LogP contribution in [-0.4, -0.2) is 31.0 Å². The first-order valence-electron chi connectivity index (χ1n) is 7.19. The first-order chi connectivity index (χ1) is 10.3. The van der Waals surface area contributed by atoms with Gasteiger partial charge in [0.05, 0.1) is 19.3 Å². The predicted molar refractivity (Wildman–Crippen MR) is 78.0 cm³/mol. The minimum absolute atomic E-state index is 0.101. The SMILES string of the molecule is COC(=O)c1ccc2[nH]c(COC3CCCCO3)cc2c1. The molecule has 0 amide bonds. The van der Waals surface area contributed by atoms with Gasteiger partial charge < -0.3 is 19.2 Å². The van der Waals surface area contributed by atoms with Crippen molar-refractivity contribution < 1.29 is 19.0 Å². The highest BCUT2D eigenvalue weighted by atomic mass is 16.7. The molecule has 2 aromatic rings. The number of rotatable bonds is 4. The molecule has 2 heterocycles. The average Bonchev–Trinajstić information content (AvgIpc) is 2.95. The lowest BCUT2D eigenvalue weighted by Gasteiger charge is -2.22. The Morgan fingerprint density at radius 3 is 3.05 bits per heavy atom. The third-order valence-corrected chi connectivity index (χ3v) is 3.66. The van der Waals surface area contributed by atoms with E-state index >= 15 is 0 Å². The molecule has 1 aliphatic heterocycles. The van der Waals surface area contributed by atoms with E-state index < -0.39 is 0 Å². The Morgan fingerprint density at radius 2 is 2.29 bits per heavy atom. The third-order valence-electron chi connectivity index (χ3n) is 3.66. The Bertz CT molecular complexity index is 628. The summed E-state index contributed by atoms with van der Waals surface area (Å²) in [5, 5.41) is 0.973. The number of carbonyl (C=O) groups is 1. The summed E-state index contributed by atoms with van der Waals surface area (Å²) in [7, 11) is 1.38. The fraction of sp³-hybridized carbons (Fsp3) is 0.438. The normalized spacial score (nSPS) is 18.8. The van der Waals surface area contributed by atoms with Crippen LogP contribution in [0.1, 0.15) is 35.3 Å². The Balaban J connectivity index is 1.70. The van der Waals surface area contributed by atoms with E-state index in [4.69, 9.17) is 14.2 Å². The second kappa shape index (κ2) is 6.28. The van der Waals surface area contributed by atoms with Crippen LogP contribution in [-0.2, 0) is 20.8 Å². The summed E-state index contributed by atoms with van der Waals surface area (Å²) < 4.78 is 16.0. The van der Waals surface area contributed by atoms with E-state index in [0.717, 1.165) is 42.5 Å². The summed E-state index contributed by atoms with van der Waals surface area (Å²) in [6.07, 6.45) is 3.12. The summed E-state index contributed by atoms with van der Waals surface area (Å²) in [5.74, 6) is -0.327. The molecule has 1 aromatic carbocycles. The smallest absolute Gasteiger partial charge is 0.337 e. The number of fused-ring (bicyclic) bond motifs is 1. The molecule has 0 spiro atoms.